The first-order chi connectivity index (χ1) is 11.5. The molecule has 0 aliphatic heterocycles. The van der Waals surface area contributed by atoms with Crippen LogP contribution in [0, 0.1) is 0 Å². The number of pyridine rings is 1. The monoisotopic (exact) mass is 323 g/mol. The molecule has 0 radical (unpaired) electrons. The Morgan fingerprint density at radius 1 is 1.08 bits per heavy atom. The largest absolute Gasteiger partial charge is 0.363 e. The van der Waals surface area contributed by atoms with Crippen molar-refractivity contribution in [1.82, 2.24) is 20.5 Å². The molecule has 2 N–H and O–H groups in total. The predicted molar refractivity (Wildman–Crippen MR) is 99.5 cm³/mol. The lowest BCUT2D eigenvalue weighted by Crippen LogP contribution is -2.23. The second-order valence-electron chi connectivity index (χ2n) is 6.59. The van der Waals surface area contributed by atoms with Gasteiger partial charge in [0.05, 0.1) is 11.7 Å². The number of H-pyrrole nitrogens is 1. The average Bonchev–Trinajstić information content (AvgIpc) is 3.07. The Balaban J connectivity index is 1.61. The topological polar surface area (TPSA) is 56.8 Å². The van der Waals surface area contributed by atoms with Gasteiger partial charge in [-0.05, 0) is 36.1 Å². The molecule has 0 fully saturated rings. The van der Waals surface area contributed by atoms with Crippen LogP contribution in [0.2, 0.25) is 0 Å². The van der Waals surface area contributed by atoms with Crippen molar-refractivity contribution in [2.75, 3.05) is 25.5 Å². The summed E-state index contributed by atoms with van der Waals surface area (Å²) in [6.45, 7) is 5.33. The van der Waals surface area contributed by atoms with E-state index in [1.165, 1.54) is 11.1 Å². The first kappa shape index (κ1) is 16.5. The fourth-order valence-corrected chi connectivity index (χ4v) is 2.77. The lowest BCUT2D eigenvalue weighted by atomic mass is 10.0. The van der Waals surface area contributed by atoms with Gasteiger partial charge in [0, 0.05) is 38.3 Å². The minimum atomic E-state index is 0.286. The third kappa shape index (κ3) is 3.57. The van der Waals surface area contributed by atoms with Gasteiger partial charge < -0.3 is 10.2 Å². The van der Waals surface area contributed by atoms with Crippen molar-refractivity contribution in [2.45, 2.75) is 25.8 Å². The standard InChI is InChI=1S/C19H25N5/c1-13(16-7-8-19(21-11-16)24(3)4)10-20-14(2)15-5-6-17-12-22-23-18(17)9-15/h5-9,11-14,20H,10H2,1-4H3,(H,22,23). The summed E-state index contributed by atoms with van der Waals surface area (Å²) < 4.78 is 0. The van der Waals surface area contributed by atoms with Gasteiger partial charge in [-0.15, -0.1) is 0 Å². The van der Waals surface area contributed by atoms with Gasteiger partial charge >= 0.3 is 0 Å². The Morgan fingerprint density at radius 2 is 1.88 bits per heavy atom. The molecule has 5 heteroatoms. The highest BCUT2D eigenvalue weighted by Crippen LogP contribution is 2.20. The van der Waals surface area contributed by atoms with Crippen LogP contribution in [-0.4, -0.2) is 35.8 Å². The van der Waals surface area contributed by atoms with Crippen molar-refractivity contribution in [2.24, 2.45) is 0 Å². The summed E-state index contributed by atoms with van der Waals surface area (Å²) in [5.41, 5.74) is 3.60. The molecule has 0 aliphatic carbocycles. The van der Waals surface area contributed by atoms with E-state index in [0.717, 1.165) is 23.3 Å². The zero-order chi connectivity index (χ0) is 17.1. The number of anilines is 1. The quantitative estimate of drug-likeness (QED) is 0.729. The van der Waals surface area contributed by atoms with Crippen LogP contribution in [0.5, 0.6) is 0 Å². The zero-order valence-electron chi connectivity index (χ0n) is 14.7. The van der Waals surface area contributed by atoms with Crippen molar-refractivity contribution in [1.29, 1.82) is 0 Å². The normalized spacial score (nSPS) is 13.8. The molecule has 3 rings (SSSR count). The first-order valence-electron chi connectivity index (χ1n) is 8.34. The van der Waals surface area contributed by atoms with E-state index in [-0.39, 0.29) is 6.04 Å². The summed E-state index contributed by atoms with van der Waals surface area (Å²) in [5, 5.41) is 11.9. The van der Waals surface area contributed by atoms with Gasteiger partial charge in [0.2, 0.25) is 0 Å². The highest BCUT2D eigenvalue weighted by Gasteiger charge is 2.11. The molecule has 126 valence electrons. The molecule has 2 atom stereocenters. The van der Waals surface area contributed by atoms with Gasteiger partial charge in [-0.2, -0.15) is 5.10 Å². The summed E-state index contributed by atoms with van der Waals surface area (Å²) in [7, 11) is 4.01. The Bertz CT molecular complexity index is 791. The third-order valence-corrected chi connectivity index (χ3v) is 4.49. The predicted octanol–water partition coefficient (Wildman–Crippen LogP) is 3.48. The van der Waals surface area contributed by atoms with Crippen LogP contribution in [0.1, 0.15) is 36.9 Å². The second kappa shape index (κ2) is 7.01. The number of nitrogens with zero attached hydrogens (tertiary/aromatic N) is 3. The third-order valence-electron chi connectivity index (χ3n) is 4.49. The van der Waals surface area contributed by atoms with Crippen LogP contribution in [-0.2, 0) is 0 Å². The summed E-state index contributed by atoms with van der Waals surface area (Å²) in [4.78, 5) is 6.51. The molecule has 0 bridgehead atoms. The van der Waals surface area contributed by atoms with Gasteiger partial charge in [0.15, 0.2) is 0 Å². The van der Waals surface area contributed by atoms with E-state index < -0.39 is 0 Å². The number of hydrogen-bond donors (Lipinski definition) is 2. The number of hydrogen-bond acceptors (Lipinski definition) is 4. The van der Waals surface area contributed by atoms with Gasteiger partial charge in [-0.3, -0.25) is 5.10 Å². The number of fused-ring (bicyclic) bond motifs is 1. The van der Waals surface area contributed by atoms with Crippen LogP contribution >= 0.6 is 0 Å². The number of rotatable bonds is 6. The SMILES string of the molecule is CC(CNC(C)c1ccc2cn[nH]c2c1)c1ccc(N(C)C)nc1. The summed E-state index contributed by atoms with van der Waals surface area (Å²) in [6.07, 6.45) is 3.83. The number of aromatic nitrogens is 3. The van der Waals surface area contributed by atoms with Crippen LogP contribution in [0.15, 0.2) is 42.7 Å². The molecule has 0 amide bonds. The van der Waals surface area contributed by atoms with E-state index in [2.05, 4.69) is 64.7 Å². The molecule has 0 spiro atoms. The van der Waals surface area contributed by atoms with Crippen LogP contribution in [0.25, 0.3) is 10.9 Å². The van der Waals surface area contributed by atoms with Crippen LogP contribution < -0.4 is 10.2 Å². The molecule has 1 aromatic carbocycles. The van der Waals surface area contributed by atoms with E-state index in [1.54, 1.807) is 0 Å². The average molecular weight is 323 g/mol. The number of aromatic amines is 1. The molecule has 24 heavy (non-hydrogen) atoms. The Morgan fingerprint density at radius 3 is 2.58 bits per heavy atom. The molecule has 0 saturated carbocycles. The first-order valence-corrected chi connectivity index (χ1v) is 8.34. The van der Waals surface area contributed by atoms with Crippen molar-refractivity contribution in [3.8, 4) is 0 Å². The Kier molecular flexibility index (Phi) is 4.81. The van der Waals surface area contributed by atoms with Crippen LogP contribution in [0.4, 0.5) is 5.82 Å². The zero-order valence-corrected chi connectivity index (χ0v) is 14.7. The summed E-state index contributed by atoms with van der Waals surface area (Å²) in [6, 6.07) is 11.0. The Hall–Kier alpha value is -2.40. The lowest BCUT2D eigenvalue weighted by molar-refractivity contribution is 0.537. The Labute approximate surface area is 143 Å². The van der Waals surface area contributed by atoms with Crippen molar-refractivity contribution < 1.29 is 0 Å². The highest BCUT2D eigenvalue weighted by molar-refractivity contribution is 5.78. The van der Waals surface area contributed by atoms with Gasteiger partial charge in [-0.25, -0.2) is 4.98 Å². The molecule has 3 aromatic rings. The molecular weight excluding hydrogens is 298 g/mol. The molecular formula is C19H25N5. The van der Waals surface area contributed by atoms with E-state index in [9.17, 15) is 0 Å². The van der Waals surface area contributed by atoms with Crippen molar-refractivity contribution in [3.63, 3.8) is 0 Å². The fourth-order valence-electron chi connectivity index (χ4n) is 2.77. The summed E-state index contributed by atoms with van der Waals surface area (Å²) >= 11 is 0. The molecule has 2 heterocycles. The minimum absolute atomic E-state index is 0.286. The minimum Gasteiger partial charge on any atom is -0.363 e. The smallest absolute Gasteiger partial charge is 0.127 e. The van der Waals surface area contributed by atoms with E-state index in [0.29, 0.717) is 5.92 Å². The number of nitrogens with one attached hydrogen (secondary N) is 2. The van der Waals surface area contributed by atoms with E-state index in [4.69, 9.17) is 0 Å². The summed E-state index contributed by atoms with van der Waals surface area (Å²) in [5.74, 6) is 1.40. The number of benzene rings is 1. The maximum Gasteiger partial charge on any atom is 0.127 e. The van der Waals surface area contributed by atoms with Crippen molar-refractivity contribution in [3.05, 3.63) is 53.9 Å². The van der Waals surface area contributed by atoms with Gasteiger partial charge in [-0.1, -0.05) is 25.1 Å². The fraction of sp³-hybridized carbons (Fsp3) is 0.368. The van der Waals surface area contributed by atoms with Crippen LogP contribution in [0.3, 0.4) is 0 Å². The molecule has 0 aliphatic rings. The van der Waals surface area contributed by atoms with Crippen molar-refractivity contribution >= 4 is 16.7 Å². The molecule has 0 saturated heterocycles. The molecule has 2 aromatic heterocycles. The van der Waals surface area contributed by atoms with Gasteiger partial charge in [0.1, 0.15) is 5.82 Å². The molecule has 5 nitrogen and oxygen atoms in total. The highest BCUT2D eigenvalue weighted by atomic mass is 15.1. The maximum atomic E-state index is 4.50. The van der Waals surface area contributed by atoms with Gasteiger partial charge in [0.25, 0.3) is 0 Å². The second-order valence-corrected chi connectivity index (χ2v) is 6.59. The lowest BCUT2D eigenvalue weighted by Gasteiger charge is -2.19. The molecule has 2 unspecified atom stereocenters. The maximum absolute atomic E-state index is 4.50. The van der Waals surface area contributed by atoms with E-state index in [1.807, 2.05) is 31.4 Å². The van der Waals surface area contributed by atoms with E-state index >= 15 is 0 Å².